The first-order valence-electron chi connectivity index (χ1n) is 2.95. The maximum Gasteiger partial charge on any atom is 0.185 e. The van der Waals surface area contributed by atoms with Gasteiger partial charge in [0.05, 0.1) is 0 Å². The second-order valence-electron chi connectivity index (χ2n) is 1.88. The highest BCUT2D eigenvalue weighted by Crippen LogP contribution is 2.26. The van der Waals surface area contributed by atoms with Gasteiger partial charge < -0.3 is 5.48 Å². The SMILES string of the molecule is C1=CSc2ccsc2C=[NH+]1.[OH-]. The van der Waals surface area contributed by atoms with Gasteiger partial charge in [0.15, 0.2) is 12.4 Å². The Morgan fingerprint density at radius 2 is 2.27 bits per heavy atom. The zero-order chi connectivity index (χ0) is 6.81. The molecule has 0 aromatic carbocycles. The van der Waals surface area contributed by atoms with E-state index in [0.29, 0.717) is 0 Å². The molecule has 11 heavy (non-hydrogen) atoms. The van der Waals surface area contributed by atoms with Crippen LogP contribution in [-0.4, -0.2) is 11.7 Å². The Morgan fingerprint density at radius 3 is 3.18 bits per heavy atom. The largest absolute Gasteiger partial charge is 0.870 e. The van der Waals surface area contributed by atoms with Crippen LogP contribution in [-0.2, 0) is 0 Å². The first-order chi connectivity index (χ1) is 4.97. The zero-order valence-electron chi connectivity index (χ0n) is 5.65. The maximum absolute atomic E-state index is 3.07. The van der Waals surface area contributed by atoms with Gasteiger partial charge in [0.1, 0.15) is 4.88 Å². The molecule has 2 heterocycles. The average Bonchev–Trinajstić information content (AvgIpc) is 2.28. The molecular formula is C7H7NOS2. The van der Waals surface area contributed by atoms with Gasteiger partial charge in [-0.2, -0.15) is 0 Å². The molecule has 1 aromatic rings. The molecule has 0 saturated heterocycles. The number of fused-ring (bicyclic) bond motifs is 1. The predicted octanol–water partition coefficient (Wildman–Crippen LogP) is 0.648. The molecule has 0 radical (unpaired) electrons. The van der Waals surface area contributed by atoms with Crippen LogP contribution < -0.4 is 4.99 Å². The summed E-state index contributed by atoms with van der Waals surface area (Å²) in [4.78, 5) is 5.73. The van der Waals surface area contributed by atoms with E-state index >= 15 is 0 Å². The van der Waals surface area contributed by atoms with E-state index in [1.807, 2.05) is 12.4 Å². The molecule has 0 aliphatic carbocycles. The summed E-state index contributed by atoms with van der Waals surface area (Å²) in [5.74, 6) is 0. The first kappa shape index (κ1) is 8.52. The fourth-order valence-corrected chi connectivity index (χ4v) is 2.44. The lowest BCUT2D eigenvalue weighted by molar-refractivity contribution is -0.365. The van der Waals surface area contributed by atoms with Crippen LogP contribution in [0.4, 0.5) is 0 Å². The molecule has 0 atom stereocenters. The van der Waals surface area contributed by atoms with Crippen molar-refractivity contribution in [3.05, 3.63) is 27.9 Å². The zero-order valence-corrected chi connectivity index (χ0v) is 7.28. The highest BCUT2D eigenvalue weighted by molar-refractivity contribution is 8.02. The summed E-state index contributed by atoms with van der Waals surface area (Å²) >= 11 is 3.51. The molecule has 0 unspecified atom stereocenters. The second-order valence-corrected chi connectivity index (χ2v) is 3.78. The Kier molecular flexibility index (Phi) is 2.87. The van der Waals surface area contributed by atoms with E-state index in [9.17, 15) is 0 Å². The van der Waals surface area contributed by atoms with E-state index < -0.39 is 0 Å². The van der Waals surface area contributed by atoms with Crippen molar-refractivity contribution in [1.82, 2.24) is 0 Å². The third-order valence-corrected chi connectivity index (χ3v) is 3.11. The van der Waals surface area contributed by atoms with Crippen LogP contribution in [0.15, 0.2) is 27.9 Å². The third kappa shape index (κ3) is 1.71. The number of hydrogen-bond acceptors (Lipinski definition) is 3. The Morgan fingerprint density at radius 1 is 1.36 bits per heavy atom. The van der Waals surface area contributed by atoms with Crippen molar-refractivity contribution >= 4 is 29.3 Å². The summed E-state index contributed by atoms with van der Waals surface area (Å²) in [6, 6.07) is 2.14. The van der Waals surface area contributed by atoms with Gasteiger partial charge in [0.2, 0.25) is 0 Å². The summed E-state index contributed by atoms with van der Waals surface area (Å²) in [5.41, 5.74) is 0. The molecule has 2 N–H and O–H groups in total. The molecule has 0 amide bonds. The summed E-state index contributed by atoms with van der Waals surface area (Å²) < 4.78 is 0. The quantitative estimate of drug-likeness (QED) is 0.645. The molecule has 0 spiro atoms. The molecule has 0 saturated carbocycles. The lowest BCUT2D eigenvalue weighted by Gasteiger charge is -1.84. The molecule has 58 valence electrons. The van der Waals surface area contributed by atoms with Gasteiger partial charge >= 0.3 is 0 Å². The topological polar surface area (TPSA) is 44.0 Å². The van der Waals surface area contributed by atoms with Crippen LogP contribution in [0.3, 0.4) is 0 Å². The Bertz CT molecular complexity index is 290. The minimum Gasteiger partial charge on any atom is -0.870 e. The Balaban J connectivity index is 0.000000605. The van der Waals surface area contributed by atoms with E-state index in [1.165, 1.54) is 9.77 Å². The van der Waals surface area contributed by atoms with Gasteiger partial charge in [0.25, 0.3) is 0 Å². The monoisotopic (exact) mass is 185 g/mol. The van der Waals surface area contributed by atoms with E-state index in [-0.39, 0.29) is 5.48 Å². The van der Waals surface area contributed by atoms with Crippen molar-refractivity contribution in [2.24, 2.45) is 0 Å². The highest BCUT2D eigenvalue weighted by atomic mass is 32.2. The molecule has 0 bridgehead atoms. The summed E-state index contributed by atoms with van der Waals surface area (Å²) in [7, 11) is 0. The summed E-state index contributed by atoms with van der Waals surface area (Å²) in [6.45, 7) is 0. The van der Waals surface area contributed by atoms with Crippen molar-refractivity contribution in [3.63, 3.8) is 0 Å². The van der Waals surface area contributed by atoms with Gasteiger partial charge in [-0.1, -0.05) is 11.8 Å². The number of thiophene rings is 1. The van der Waals surface area contributed by atoms with Gasteiger partial charge in [-0.3, -0.25) is 0 Å². The average molecular weight is 185 g/mol. The van der Waals surface area contributed by atoms with Crippen LogP contribution in [0.2, 0.25) is 0 Å². The first-order valence-corrected chi connectivity index (χ1v) is 4.71. The Labute approximate surface area is 73.0 Å². The highest BCUT2D eigenvalue weighted by Gasteiger charge is 2.04. The molecule has 1 aliphatic rings. The fraction of sp³-hybridized carbons (Fsp3) is 0. The van der Waals surface area contributed by atoms with Crippen LogP contribution in [0, 0.1) is 0 Å². The van der Waals surface area contributed by atoms with E-state index in [4.69, 9.17) is 0 Å². The smallest absolute Gasteiger partial charge is 0.185 e. The van der Waals surface area contributed by atoms with Crippen LogP contribution in [0.1, 0.15) is 4.88 Å². The normalized spacial score (nSPS) is 13.5. The van der Waals surface area contributed by atoms with Crippen LogP contribution in [0.5, 0.6) is 0 Å². The predicted molar refractivity (Wildman–Crippen MR) is 47.4 cm³/mol. The minimum atomic E-state index is 0. The maximum atomic E-state index is 3.07. The molecule has 2 rings (SSSR count). The summed E-state index contributed by atoms with van der Waals surface area (Å²) in [6.07, 6.45) is 3.97. The van der Waals surface area contributed by atoms with Crippen LogP contribution in [0.25, 0.3) is 0 Å². The number of hydrogen-bond donors (Lipinski definition) is 1. The van der Waals surface area contributed by atoms with E-state index in [0.717, 1.165) is 0 Å². The van der Waals surface area contributed by atoms with Crippen LogP contribution >= 0.6 is 23.1 Å². The molecule has 2 nitrogen and oxygen atoms in total. The van der Waals surface area contributed by atoms with Crippen molar-refractivity contribution in [3.8, 4) is 0 Å². The van der Waals surface area contributed by atoms with Gasteiger partial charge in [-0.15, -0.1) is 11.3 Å². The molecule has 0 fully saturated rings. The third-order valence-electron chi connectivity index (χ3n) is 1.23. The van der Waals surface area contributed by atoms with Gasteiger partial charge in [-0.05, 0) is 11.4 Å². The van der Waals surface area contributed by atoms with Crippen molar-refractivity contribution in [1.29, 1.82) is 0 Å². The molecular weight excluding hydrogens is 178 g/mol. The van der Waals surface area contributed by atoms with Crippen molar-refractivity contribution < 1.29 is 10.5 Å². The van der Waals surface area contributed by atoms with Crippen molar-refractivity contribution in [2.75, 3.05) is 0 Å². The van der Waals surface area contributed by atoms with Crippen molar-refractivity contribution in [2.45, 2.75) is 4.90 Å². The second kappa shape index (κ2) is 3.71. The number of nitrogens with one attached hydrogen (secondary N) is 1. The molecule has 4 heteroatoms. The Hall–Kier alpha value is -0.580. The standard InChI is InChI=1S/C7H5NS2.H2O/c1-3-9-7-5-8-2-4-10-6(1)7;/h1-5H;1H2. The number of thioether (sulfide) groups is 1. The van der Waals surface area contributed by atoms with Gasteiger partial charge in [0, 0.05) is 10.3 Å². The molecule has 1 aliphatic heterocycles. The lowest BCUT2D eigenvalue weighted by atomic mass is 10.5. The summed E-state index contributed by atoms with van der Waals surface area (Å²) in [5, 5.41) is 4.16. The minimum absolute atomic E-state index is 0. The lowest BCUT2D eigenvalue weighted by Crippen LogP contribution is -2.60. The van der Waals surface area contributed by atoms with Gasteiger partial charge in [-0.25, -0.2) is 4.99 Å². The van der Waals surface area contributed by atoms with E-state index in [2.05, 4.69) is 21.8 Å². The number of rotatable bonds is 0. The fourth-order valence-electron chi connectivity index (χ4n) is 0.782. The molecule has 1 aromatic heterocycles. The van der Waals surface area contributed by atoms with E-state index in [1.54, 1.807) is 23.1 Å².